The maximum absolute atomic E-state index is 4.64. The first-order valence-corrected chi connectivity index (χ1v) is 12.6. The molecule has 0 unspecified atom stereocenters. The summed E-state index contributed by atoms with van der Waals surface area (Å²) in [7, 11) is 0. The molecule has 0 fully saturated rings. The van der Waals surface area contributed by atoms with E-state index in [9.17, 15) is 0 Å². The molecule has 0 saturated heterocycles. The molecule has 180 valence electrons. The number of hydrogen-bond donors (Lipinski definition) is 0. The molecule has 0 aliphatic rings. The molecule has 4 heteroatoms. The quantitative estimate of drug-likeness (QED) is 0.228. The minimum Gasteiger partial charge on any atom is -0.308 e. The van der Waals surface area contributed by atoms with Crippen LogP contribution in [0.1, 0.15) is 5.56 Å². The summed E-state index contributed by atoms with van der Waals surface area (Å²) < 4.78 is 4.42. The molecular weight excluding hydrogens is 464 g/mol. The second-order valence-electron chi connectivity index (χ2n) is 9.34. The summed E-state index contributed by atoms with van der Waals surface area (Å²) in [6, 6.07) is 33.4. The van der Waals surface area contributed by atoms with Crippen LogP contribution in [0.4, 0.5) is 0 Å². The number of rotatable bonds is 5. The Hall–Kier alpha value is -5.22. The number of benzene rings is 3. The molecular formula is C34H24N4. The minimum atomic E-state index is 0.861. The summed E-state index contributed by atoms with van der Waals surface area (Å²) in [4.78, 5) is 9.26. The monoisotopic (exact) mass is 488 g/mol. The van der Waals surface area contributed by atoms with Crippen LogP contribution >= 0.6 is 0 Å². The van der Waals surface area contributed by atoms with Crippen LogP contribution in [0.2, 0.25) is 0 Å². The van der Waals surface area contributed by atoms with E-state index in [-0.39, 0.29) is 0 Å². The van der Waals surface area contributed by atoms with Crippen molar-refractivity contribution in [2.45, 2.75) is 0 Å². The van der Waals surface area contributed by atoms with Crippen molar-refractivity contribution in [1.82, 2.24) is 19.1 Å². The highest BCUT2D eigenvalue weighted by Crippen LogP contribution is 2.32. The van der Waals surface area contributed by atoms with Gasteiger partial charge in [-0.15, -0.1) is 0 Å². The van der Waals surface area contributed by atoms with E-state index in [4.69, 9.17) is 0 Å². The lowest BCUT2D eigenvalue weighted by Crippen LogP contribution is -1.94. The molecule has 0 spiro atoms. The molecule has 7 rings (SSSR count). The second-order valence-corrected chi connectivity index (χ2v) is 9.34. The van der Waals surface area contributed by atoms with Gasteiger partial charge in [-0.05, 0) is 65.7 Å². The molecule has 0 radical (unpaired) electrons. The minimum absolute atomic E-state index is 0.861. The summed E-state index contributed by atoms with van der Waals surface area (Å²) in [6.45, 7) is 8.70. The lowest BCUT2D eigenvalue weighted by Gasteiger charge is -2.10. The molecule has 4 nitrogen and oxygen atoms in total. The van der Waals surface area contributed by atoms with E-state index in [1.54, 1.807) is 0 Å². The highest BCUT2D eigenvalue weighted by atomic mass is 15.0. The molecule has 3 aromatic carbocycles. The van der Waals surface area contributed by atoms with Crippen molar-refractivity contribution in [1.29, 1.82) is 0 Å². The summed E-state index contributed by atoms with van der Waals surface area (Å²) in [5.41, 5.74) is 10.3. The lowest BCUT2D eigenvalue weighted by molar-refractivity contribution is 1.17. The van der Waals surface area contributed by atoms with E-state index >= 15 is 0 Å². The zero-order chi connectivity index (χ0) is 25.6. The van der Waals surface area contributed by atoms with E-state index in [1.807, 2.05) is 48.8 Å². The average Bonchev–Trinajstić information content (AvgIpc) is 3.49. The molecule has 4 aromatic heterocycles. The molecule has 0 aliphatic carbocycles. The smallest absolute Gasteiger partial charge is 0.0963 e. The molecule has 0 saturated carbocycles. The first kappa shape index (κ1) is 22.0. The first-order valence-electron chi connectivity index (χ1n) is 12.6. The number of allylic oxidation sites excluding steroid dienone is 4. The van der Waals surface area contributed by atoms with Gasteiger partial charge in [0.1, 0.15) is 0 Å². The molecule has 4 heterocycles. The predicted octanol–water partition coefficient (Wildman–Crippen LogP) is 8.42. The van der Waals surface area contributed by atoms with E-state index in [0.29, 0.717) is 0 Å². The van der Waals surface area contributed by atoms with Crippen LogP contribution < -0.4 is 0 Å². The lowest BCUT2D eigenvalue weighted by atomic mass is 10.1. The predicted molar refractivity (Wildman–Crippen MR) is 159 cm³/mol. The number of fused-ring (bicyclic) bond motifs is 6. The third kappa shape index (κ3) is 3.39. The summed E-state index contributed by atoms with van der Waals surface area (Å²) in [5.74, 6) is 0. The molecule has 7 aromatic rings. The van der Waals surface area contributed by atoms with Gasteiger partial charge in [0, 0.05) is 34.6 Å². The zero-order valence-corrected chi connectivity index (χ0v) is 20.8. The Morgan fingerprint density at radius 2 is 1.16 bits per heavy atom. The number of para-hydroxylation sites is 2. The van der Waals surface area contributed by atoms with Crippen molar-refractivity contribution >= 4 is 55.1 Å². The van der Waals surface area contributed by atoms with Crippen molar-refractivity contribution in [3.63, 3.8) is 0 Å². The van der Waals surface area contributed by atoms with E-state index < -0.39 is 0 Å². The van der Waals surface area contributed by atoms with Crippen LogP contribution in [0.25, 0.3) is 60.8 Å². The fraction of sp³-hybridized carbons (Fsp3) is 0. The number of pyridine rings is 2. The van der Waals surface area contributed by atoms with Crippen LogP contribution in [0, 0.1) is 0 Å². The molecule has 0 atom stereocenters. The van der Waals surface area contributed by atoms with Crippen molar-refractivity contribution in [2.24, 2.45) is 0 Å². The number of hydrogen-bond acceptors (Lipinski definition) is 2. The molecule has 0 N–H and O–H groups in total. The van der Waals surface area contributed by atoms with E-state index in [0.717, 1.165) is 66.4 Å². The van der Waals surface area contributed by atoms with Crippen molar-refractivity contribution < 1.29 is 0 Å². The van der Waals surface area contributed by atoms with Crippen molar-refractivity contribution in [3.05, 3.63) is 140 Å². The Morgan fingerprint density at radius 1 is 0.579 bits per heavy atom. The Morgan fingerprint density at radius 3 is 1.89 bits per heavy atom. The second kappa shape index (κ2) is 8.71. The van der Waals surface area contributed by atoms with Gasteiger partial charge in [-0.2, -0.15) is 0 Å². The molecule has 0 aliphatic heterocycles. The van der Waals surface area contributed by atoms with Crippen LogP contribution in [-0.4, -0.2) is 19.1 Å². The third-order valence-electron chi connectivity index (χ3n) is 7.12. The summed E-state index contributed by atoms with van der Waals surface area (Å²) in [6.07, 6.45) is 7.73. The highest BCUT2D eigenvalue weighted by Gasteiger charge is 2.13. The zero-order valence-electron chi connectivity index (χ0n) is 20.8. The standard InChI is InChI=1S/C34H24N4/c1-23(15-16-24(2)37-29-11-5-3-9-27(29)33-31(37)13-7-21-35-33)25-17-19-26(20-18-25)38-30-12-6-4-10-28(30)34-32(38)14-8-22-36-34/h3-22H,1-2H2/b16-15-. The highest BCUT2D eigenvalue weighted by molar-refractivity contribution is 6.08. The van der Waals surface area contributed by atoms with Gasteiger partial charge in [0.25, 0.3) is 0 Å². The van der Waals surface area contributed by atoms with Gasteiger partial charge >= 0.3 is 0 Å². The number of aromatic nitrogens is 4. The number of nitrogens with zero attached hydrogens (tertiary/aromatic N) is 4. The van der Waals surface area contributed by atoms with Crippen LogP contribution in [-0.2, 0) is 0 Å². The van der Waals surface area contributed by atoms with Gasteiger partial charge in [0.05, 0.1) is 33.1 Å². The maximum Gasteiger partial charge on any atom is 0.0963 e. The van der Waals surface area contributed by atoms with Crippen molar-refractivity contribution in [3.8, 4) is 5.69 Å². The Labute approximate surface area is 220 Å². The fourth-order valence-electron chi connectivity index (χ4n) is 5.35. The van der Waals surface area contributed by atoms with Crippen LogP contribution in [0.3, 0.4) is 0 Å². The summed E-state index contributed by atoms with van der Waals surface area (Å²) in [5, 5.41) is 2.27. The van der Waals surface area contributed by atoms with Gasteiger partial charge in [-0.25, -0.2) is 0 Å². The van der Waals surface area contributed by atoms with Gasteiger partial charge in [0.15, 0.2) is 0 Å². The van der Waals surface area contributed by atoms with Crippen LogP contribution in [0.5, 0.6) is 0 Å². The molecule has 0 bridgehead atoms. The fourth-order valence-corrected chi connectivity index (χ4v) is 5.35. The normalized spacial score (nSPS) is 11.8. The average molecular weight is 489 g/mol. The Bertz CT molecular complexity index is 1950. The van der Waals surface area contributed by atoms with Gasteiger partial charge in [-0.1, -0.05) is 67.8 Å². The SMILES string of the molecule is C=C(/C=C\C(=C)n1c2ccccc2c2ncccc21)c1ccc(-n2c3ccccc3c3ncccc32)cc1. The molecule has 38 heavy (non-hydrogen) atoms. The van der Waals surface area contributed by atoms with E-state index in [1.165, 1.54) is 0 Å². The van der Waals surface area contributed by atoms with Crippen molar-refractivity contribution in [2.75, 3.05) is 0 Å². The van der Waals surface area contributed by atoms with Gasteiger partial charge < -0.3 is 9.13 Å². The maximum atomic E-state index is 4.64. The third-order valence-corrected chi connectivity index (χ3v) is 7.12. The summed E-state index contributed by atoms with van der Waals surface area (Å²) >= 11 is 0. The van der Waals surface area contributed by atoms with Gasteiger partial charge in [-0.3, -0.25) is 9.97 Å². The Kier molecular flexibility index (Phi) is 5.05. The van der Waals surface area contributed by atoms with E-state index in [2.05, 4.69) is 105 Å². The van der Waals surface area contributed by atoms with Crippen LogP contribution in [0.15, 0.2) is 135 Å². The van der Waals surface area contributed by atoms with Gasteiger partial charge in [0.2, 0.25) is 0 Å². The molecule has 0 amide bonds. The Balaban J connectivity index is 1.21. The topological polar surface area (TPSA) is 35.6 Å². The first-order chi connectivity index (χ1) is 18.7. The largest absolute Gasteiger partial charge is 0.308 e.